The summed E-state index contributed by atoms with van der Waals surface area (Å²) in [6.45, 7) is 3.69. The molecule has 1 amide bonds. The van der Waals surface area contributed by atoms with Crippen LogP contribution in [0, 0.1) is 11.3 Å². The Labute approximate surface area is 106 Å². The monoisotopic (exact) mass is 245 g/mol. The first-order valence-electron chi connectivity index (χ1n) is 5.60. The quantitative estimate of drug-likeness (QED) is 0.635. The zero-order valence-corrected chi connectivity index (χ0v) is 10.4. The van der Waals surface area contributed by atoms with E-state index in [1.54, 1.807) is 24.3 Å². The molecule has 1 N–H and O–H groups in total. The predicted octanol–water partition coefficient (Wildman–Crippen LogP) is 1.84. The van der Waals surface area contributed by atoms with Crippen molar-refractivity contribution in [1.29, 1.82) is 5.26 Å². The molecule has 0 bridgehead atoms. The number of nitrogens with zero attached hydrogens (tertiary/aromatic N) is 2. The van der Waals surface area contributed by atoms with E-state index >= 15 is 0 Å². The van der Waals surface area contributed by atoms with Gasteiger partial charge in [-0.1, -0.05) is 6.92 Å². The molecular weight excluding hydrogens is 230 g/mol. The van der Waals surface area contributed by atoms with Gasteiger partial charge in [-0.15, -0.1) is 0 Å². The summed E-state index contributed by atoms with van der Waals surface area (Å²) in [5, 5.41) is 12.5. The van der Waals surface area contributed by atoms with Crippen molar-refractivity contribution in [2.24, 2.45) is 5.10 Å². The maximum absolute atomic E-state index is 11.4. The lowest BCUT2D eigenvalue weighted by molar-refractivity contribution is -0.123. The van der Waals surface area contributed by atoms with Gasteiger partial charge in [-0.2, -0.15) is 10.4 Å². The molecule has 1 aromatic carbocycles. The molecule has 0 spiro atoms. The lowest BCUT2D eigenvalue weighted by Crippen LogP contribution is -2.25. The first-order chi connectivity index (χ1) is 8.65. The fourth-order valence-corrected chi connectivity index (χ4v) is 1.04. The third kappa shape index (κ3) is 4.66. The van der Waals surface area contributed by atoms with Crippen LogP contribution in [0.4, 0.5) is 0 Å². The maximum Gasteiger partial charge on any atom is 0.277 e. The highest BCUT2D eigenvalue weighted by Gasteiger charge is 2.01. The number of hydrogen-bond acceptors (Lipinski definition) is 4. The minimum atomic E-state index is -0.313. The molecule has 0 saturated heterocycles. The molecule has 1 aromatic rings. The Morgan fingerprint density at radius 1 is 1.44 bits per heavy atom. The molecule has 0 aliphatic carbocycles. The van der Waals surface area contributed by atoms with Crippen molar-refractivity contribution in [3.8, 4) is 11.8 Å². The van der Waals surface area contributed by atoms with Crippen molar-refractivity contribution < 1.29 is 9.53 Å². The molecule has 1 rings (SSSR count). The minimum absolute atomic E-state index is 0.105. The summed E-state index contributed by atoms with van der Waals surface area (Å²) in [6.07, 6.45) is 0.788. The van der Waals surface area contributed by atoms with E-state index in [0.717, 1.165) is 12.1 Å². The van der Waals surface area contributed by atoms with E-state index in [0.29, 0.717) is 11.3 Å². The number of carbonyl (C=O) groups excluding carboxylic acids is 1. The second kappa shape index (κ2) is 7.07. The number of amides is 1. The highest BCUT2D eigenvalue weighted by Crippen LogP contribution is 2.11. The smallest absolute Gasteiger partial charge is 0.277 e. The zero-order chi connectivity index (χ0) is 13.4. The molecule has 0 unspecified atom stereocenters. The Balaban J connectivity index is 2.40. The van der Waals surface area contributed by atoms with Crippen molar-refractivity contribution in [2.45, 2.75) is 20.3 Å². The number of benzene rings is 1. The molecule has 0 saturated carbocycles. The van der Waals surface area contributed by atoms with Gasteiger partial charge in [0.1, 0.15) is 5.75 Å². The van der Waals surface area contributed by atoms with Crippen LogP contribution in [0.2, 0.25) is 0 Å². The second-order valence-electron chi connectivity index (χ2n) is 3.66. The highest BCUT2D eigenvalue weighted by molar-refractivity contribution is 5.84. The van der Waals surface area contributed by atoms with E-state index in [4.69, 9.17) is 10.00 Å². The van der Waals surface area contributed by atoms with Gasteiger partial charge >= 0.3 is 0 Å². The van der Waals surface area contributed by atoms with E-state index in [1.165, 1.54) is 0 Å². The van der Waals surface area contributed by atoms with E-state index in [1.807, 2.05) is 19.9 Å². The van der Waals surface area contributed by atoms with E-state index in [9.17, 15) is 4.79 Å². The SMILES string of the molecule is CC/C(C)=N/NC(=O)COc1ccc(C#N)cc1. The fraction of sp³-hybridized carbons (Fsp3) is 0.308. The largest absolute Gasteiger partial charge is 0.484 e. The number of nitriles is 1. The van der Waals surface area contributed by atoms with Gasteiger partial charge in [-0.3, -0.25) is 4.79 Å². The van der Waals surface area contributed by atoms with Crippen LogP contribution < -0.4 is 10.2 Å². The first-order valence-corrected chi connectivity index (χ1v) is 5.60. The average molecular weight is 245 g/mol. The Morgan fingerprint density at radius 2 is 2.11 bits per heavy atom. The standard InChI is InChI=1S/C13H15N3O2/c1-3-10(2)15-16-13(17)9-18-12-6-4-11(8-14)5-7-12/h4-7H,3,9H2,1-2H3,(H,16,17)/b15-10+. The van der Waals surface area contributed by atoms with Crippen LogP contribution in [0.25, 0.3) is 0 Å². The van der Waals surface area contributed by atoms with Crippen LogP contribution in [-0.2, 0) is 4.79 Å². The Bertz CT molecular complexity index is 472. The third-order valence-corrected chi connectivity index (χ3v) is 2.24. The fourth-order valence-electron chi connectivity index (χ4n) is 1.04. The van der Waals surface area contributed by atoms with Crippen molar-refractivity contribution in [3.05, 3.63) is 29.8 Å². The predicted molar refractivity (Wildman–Crippen MR) is 68.2 cm³/mol. The van der Waals surface area contributed by atoms with Gasteiger partial charge in [0, 0.05) is 5.71 Å². The maximum atomic E-state index is 11.4. The molecule has 0 aliphatic rings. The van der Waals surface area contributed by atoms with Gasteiger partial charge in [0.15, 0.2) is 6.61 Å². The number of ether oxygens (including phenoxy) is 1. The van der Waals surface area contributed by atoms with Crippen molar-refractivity contribution in [3.63, 3.8) is 0 Å². The minimum Gasteiger partial charge on any atom is -0.484 e. The van der Waals surface area contributed by atoms with Gasteiger partial charge in [0.25, 0.3) is 5.91 Å². The molecule has 0 atom stereocenters. The summed E-state index contributed by atoms with van der Waals surface area (Å²) < 4.78 is 5.24. The zero-order valence-electron chi connectivity index (χ0n) is 10.4. The molecule has 18 heavy (non-hydrogen) atoms. The normalized spacial score (nSPS) is 10.6. The van der Waals surface area contributed by atoms with E-state index in [2.05, 4.69) is 10.5 Å². The summed E-state index contributed by atoms with van der Waals surface area (Å²) in [7, 11) is 0. The Kier molecular flexibility index (Phi) is 5.39. The number of carbonyl (C=O) groups is 1. The van der Waals surface area contributed by atoms with Crippen LogP contribution in [0.1, 0.15) is 25.8 Å². The molecule has 0 fully saturated rings. The van der Waals surface area contributed by atoms with Crippen LogP contribution in [0.5, 0.6) is 5.75 Å². The number of nitrogens with one attached hydrogen (secondary N) is 1. The highest BCUT2D eigenvalue weighted by atomic mass is 16.5. The Morgan fingerprint density at radius 3 is 2.67 bits per heavy atom. The van der Waals surface area contributed by atoms with Crippen LogP contribution >= 0.6 is 0 Å². The third-order valence-electron chi connectivity index (χ3n) is 2.24. The summed E-state index contributed by atoms with van der Waals surface area (Å²) in [6, 6.07) is 8.56. The van der Waals surface area contributed by atoms with Crippen LogP contribution in [0.15, 0.2) is 29.4 Å². The number of hydrogen-bond donors (Lipinski definition) is 1. The van der Waals surface area contributed by atoms with Gasteiger partial charge in [-0.05, 0) is 37.6 Å². The molecule has 5 heteroatoms. The average Bonchev–Trinajstić information content (AvgIpc) is 2.42. The van der Waals surface area contributed by atoms with Gasteiger partial charge in [-0.25, -0.2) is 5.43 Å². The molecular formula is C13H15N3O2. The van der Waals surface area contributed by atoms with Crippen molar-refractivity contribution in [1.82, 2.24) is 5.43 Å². The summed E-state index contributed by atoms with van der Waals surface area (Å²) in [5.41, 5.74) is 3.80. The lowest BCUT2D eigenvalue weighted by Gasteiger charge is -2.05. The topological polar surface area (TPSA) is 74.5 Å². The number of rotatable bonds is 5. The van der Waals surface area contributed by atoms with Gasteiger partial charge in [0.2, 0.25) is 0 Å². The second-order valence-corrected chi connectivity index (χ2v) is 3.66. The first kappa shape index (κ1) is 13.7. The van der Waals surface area contributed by atoms with Crippen LogP contribution in [-0.4, -0.2) is 18.2 Å². The molecule has 94 valence electrons. The molecule has 5 nitrogen and oxygen atoms in total. The van der Waals surface area contributed by atoms with E-state index in [-0.39, 0.29) is 12.5 Å². The van der Waals surface area contributed by atoms with Gasteiger partial charge < -0.3 is 4.74 Å². The lowest BCUT2D eigenvalue weighted by atomic mass is 10.2. The van der Waals surface area contributed by atoms with Crippen LogP contribution in [0.3, 0.4) is 0 Å². The molecule has 0 heterocycles. The summed E-state index contributed by atoms with van der Waals surface area (Å²) in [5.74, 6) is 0.229. The van der Waals surface area contributed by atoms with Crippen molar-refractivity contribution in [2.75, 3.05) is 6.61 Å². The van der Waals surface area contributed by atoms with Gasteiger partial charge in [0.05, 0.1) is 11.6 Å². The van der Waals surface area contributed by atoms with Crippen molar-refractivity contribution >= 4 is 11.6 Å². The molecule has 0 aliphatic heterocycles. The molecule has 0 radical (unpaired) electrons. The Hall–Kier alpha value is -2.35. The summed E-state index contributed by atoms with van der Waals surface area (Å²) >= 11 is 0. The number of hydrazone groups is 1. The molecule has 0 aromatic heterocycles. The van der Waals surface area contributed by atoms with E-state index < -0.39 is 0 Å². The summed E-state index contributed by atoms with van der Waals surface area (Å²) in [4.78, 5) is 11.4.